The first kappa shape index (κ1) is 17.1. The summed E-state index contributed by atoms with van der Waals surface area (Å²) in [6.07, 6.45) is 3.43. The number of nitrogens with one attached hydrogen (secondary N) is 1. The topological polar surface area (TPSA) is 67.2 Å². The first-order valence-corrected chi connectivity index (χ1v) is 7.85. The number of hydrogen-bond donors (Lipinski definition) is 2. The van der Waals surface area contributed by atoms with Gasteiger partial charge >= 0.3 is 0 Å². The van der Waals surface area contributed by atoms with Gasteiger partial charge in [0, 0.05) is 12.6 Å². The number of nitrogens with zero attached hydrogens (tertiary/aromatic N) is 2. The van der Waals surface area contributed by atoms with E-state index in [1.54, 1.807) is 16.8 Å². The second-order valence-corrected chi connectivity index (χ2v) is 5.34. The van der Waals surface area contributed by atoms with Crippen LogP contribution in [0, 0.1) is 5.82 Å². The van der Waals surface area contributed by atoms with Gasteiger partial charge in [-0.2, -0.15) is 5.10 Å². The normalized spacial score (nSPS) is 12.2. The smallest absolute Gasteiger partial charge is 0.254 e. The minimum absolute atomic E-state index is 0.0360. The number of carbonyl (C=O) groups excluding carboxylic acids is 1. The van der Waals surface area contributed by atoms with E-state index in [1.807, 2.05) is 13.8 Å². The minimum Gasteiger partial charge on any atom is -0.396 e. The highest BCUT2D eigenvalue weighted by Gasteiger charge is 2.19. The molecule has 124 valence electrons. The highest BCUT2D eigenvalue weighted by Crippen LogP contribution is 2.17. The molecule has 0 aliphatic rings. The van der Waals surface area contributed by atoms with Crippen LogP contribution in [-0.2, 0) is 6.42 Å². The lowest BCUT2D eigenvalue weighted by atomic mass is 10.1. The molecule has 23 heavy (non-hydrogen) atoms. The molecule has 2 N–H and O–H groups in total. The number of halogens is 1. The predicted octanol–water partition coefficient (Wildman–Crippen LogP) is 2.46. The molecule has 1 aromatic carbocycles. The molecule has 5 nitrogen and oxygen atoms in total. The Labute approximate surface area is 135 Å². The van der Waals surface area contributed by atoms with E-state index in [0.717, 1.165) is 12.1 Å². The van der Waals surface area contributed by atoms with Crippen LogP contribution in [0.4, 0.5) is 4.39 Å². The zero-order valence-electron chi connectivity index (χ0n) is 13.4. The fraction of sp³-hybridized carbons (Fsp3) is 0.412. The number of aromatic nitrogens is 2. The Hall–Kier alpha value is -2.21. The van der Waals surface area contributed by atoms with E-state index in [2.05, 4.69) is 10.4 Å². The van der Waals surface area contributed by atoms with E-state index in [9.17, 15) is 9.18 Å². The highest BCUT2D eigenvalue weighted by molar-refractivity contribution is 5.95. The van der Waals surface area contributed by atoms with Crippen molar-refractivity contribution in [3.05, 3.63) is 47.5 Å². The van der Waals surface area contributed by atoms with Gasteiger partial charge < -0.3 is 10.4 Å². The quantitative estimate of drug-likeness (QED) is 0.824. The molecule has 0 bridgehead atoms. The molecule has 2 rings (SSSR count). The van der Waals surface area contributed by atoms with Gasteiger partial charge in [0.05, 0.1) is 23.1 Å². The lowest BCUT2D eigenvalue weighted by Gasteiger charge is -2.16. The molecule has 0 saturated heterocycles. The summed E-state index contributed by atoms with van der Waals surface area (Å²) in [5, 5.41) is 16.2. The summed E-state index contributed by atoms with van der Waals surface area (Å²) < 4.78 is 14.7. The maximum Gasteiger partial charge on any atom is 0.254 e. The zero-order valence-corrected chi connectivity index (χ0v) is 13.4. The molecule has 0 saturated carbocycles. The molecular weight excluding hydrogens is 297 g/mol. The molecule has 0 radical (unpaired) electrons. The first-order chi connectivity index (χ1) is 11.1. The minimum atomic E-state index is -0.313. The summed E-state index contributed by atoms with van der Waals surface area (Å²) in [6, 6.07) is 5.93. The molecule has 0 spiro atoms. The summed E-state index contributed by atoms with van der Waals surface area (Å²) in [6.45, 7) is 3.94. The lowest BCUT2D eigenvalue weighted by Crippen LogP contribution is -2.35. The van der Waals surface area contributed by atoms with Crippen LogP contribution in [0.15, 0.2) is 30.5 Å². The van der Waals surface area contributed by atoms with Gasteiger partial charge in [-0.1, -0.05) is 13.8 Å². The summed E-state index contributed by atoms with van der Waals surface area (Å²) >= 11 is 0. The van der Waals surface area contributed by atoms with E-state index in [1.165, 1.54) is 18.3 Å². The molecule has 1 unspecified atom stereocenters. The van der Waals surface area contributed by atoms with Crippen molar-refractivity contribution in [3.8, 4) is 5.69 Å². The first-order valence-electron chi connectivity index (χ1n) is 7.85. The Morgan fingerprint density at radius 2 is 2.04 bits per heavy atom. The third kappa shape index (κ3) is 3.96. The number of aliphatic hydroxyl groups is 1. The van der Waals surface area contributed by atoms with E-state index in [0.29, 0.717) is 24.1 Å². The van der Waals surface area contributed by atoms with E-state index in [-0.39, 0.29) is 24.4 Å². The molecule has 1 aromatic heterocycles. The van der Waals surface area contributed by atoms with Crippen LogP contribution in [0.1, 0.15) is 42.7 Å². The van der Waals surface area contributed by atoms with Gasteiger partial charge in [-0.3, -0.25) is 4.79 Å². The van der Waals surface area contributed by atoms with Crippen LogP contribution in [0.3, 0.4) is 0 Å². The Bertz CT molecular complexity index is 652. The molecular formula is C17H22FN3O2. The standard InChI is InChI=1S/C17H22FN3O2/c1-3-13(9-10-22)20-17(23)15-11-19-21(16(15)4-2)14-7-5-12(18)6-8-14/h5-8,11,13,22H,3-4,9-10H2,1-2H3,(H,20,23). The maximum atomic E-state index is 13.1. The van der Waals surface area contributed by atoms with E-state index in [4.69, 9.17) is 5.11 Å². The predicted molar refractivity (Wildman–Crippen MR) is 86.1 cm³/mol. The number of carbonyl (C=O) groups is 1. The Balaban J connectivity index is 2.27. The summed E-state index contributed by atoms with van der Waals surface area (Å²) in [7, 11) is 0. The Morgan fingerprint density at radius 1 is 1.35 bits per heavy atom. The van der Waals surface area contributed by atoms with Crippen molar-refractivity contribution in [1.29, 1.82) is 0 Å². The average Bonchev–Trinajstić information content (AvgIpc) is 2.99. The average molecular weight is 319 g/mol. The lowest BCUT2D eigenvalue weighted by molar-refractivity contribution is 0.0928. The molecule has 0 aliphatic heterocycles. The van der Waals surface area contributed by atoms with Gasteiger partial charge in [-0.05, 0) is 43.5 Å². The Morgan fingerprint density at radius 3 is 2.61 bits per heavy atom. The molecule has 0 fully saturated rings. The number of rotatable bonds is 7. The second kappa shape index (κ2) is 7.87. The molecule has 0 aliphatic carbocycles. The van der Waals surface area contributed by atoms with Crippen molar-refractivity contribution in [1.82, 2.24) is 15.1 Å². The summed E-state index contributed by atoms with van der Waals surface area (Å²) in [4.78, 5) is 12.5. The van der Waals surface area contributed by atoms with Crippen molar-refractivity contribution >= 4 is 5.91 Å². The third-order valence-electron chi connectivity index (χ3n) is 3.83. The number of amides is 1. The summed E-state index contributed by atoms with van der Waals surface area (Å²) in [5.41, 5.74) is 1.99. The third-order valence-corrected chi connectivity index (χ3v) is 3.83. The van der Waals surface area contributed by atoms with Gasteiger partial charge in [0.2, 0.25) is 0 Å². The van der Waals surface area contributed by atoms with Gasteiger partial charge in [-0.25, -0.2) is 9.07 Å². The maximum absolute atomic E-state index is 13.1. The van der Waals surface area contributed by atoms with Crippen molar-refractivity contribution < 1.29 is 14.3 Å². The monoisotopic (exact) mass is 319 g/mol. The molecule has 6 heteroatoms. The molecule has 1 heterocycles. The van der Waals surface area contributed by atoms with Crippen molar-refractivity contribution in [2.45, 2.75) is 39.2 Å². The van der Waals surface area contributed by atoms with Gasteiger partial charge in [0.15, 0.2) is 0 Å². The van der Waals surface area contributed by atoms with Crippen LogP contribution >= 0.6 is 0 Å². The van der Waals surface area contributed by atoms with Crippen molar-refractivity contribution in [2.75, 3.05) is 6.61 Å². The number of hydrogen-bond acceptors (Lipinski definition) is 3. The van der Waals surface area contributed by atoms with Gasteiger partial charge in [0.1, 0.15) is 5.82 Å². The molecule has 2 aromatic rings. The molecule has 1 atom stereocenters. The fourth-order valence-electron chi connectivity index (χ4n) is 2.51. The van der Waals surface area contributed by atoms with Crippen molar-refractivity contribution in [2.24, 2.45) is 0 Å². The van der Waals surface area contributed by atoms with Gasteiger partial charge in [-0.15, -0.1) is 0 Å². The molecule has 1 amide bonds. The SMILES string of the molecule is CCc1c(C(=O)NC(CC)CCO)cnn1-c1ccc(F)cc1. The Kier molecular flexibility index (Phi) is 5.87. The van der Waals surface area contributed by atoms with Crippen LogP contribution < -0.4 is 5.32 Å². The van der Waals surface area contributed by atoms with E-state index >= 15 is 0 Å². The van der Waals surface area contributed by atoms with E-state index < -0.39 is 0 Å². The second-order valence-electron chi connectivity index (χ2n) is 5.34. The van der Waals surface area contributed by atoms with Crippen LogP contribution in [-0.4, -0.2) is 33.4 Å². The zero-order chi connectivity index (χ0) is 16.8. The van der Waals surface area contributed by atoms with Crippen molar-refractivity contribution in [3.63, 3.8) is 0 Å². The number of benzene rings is 1. The van der Waals surface area contributed by atoms with Crippen LogP contribution in [0.5, 0.6) is 0 Å². The van der Waals surface area contributed by atoms with Crippen LogP contribution in [0.25, 0.3) is 5.69 Å². The fourth-order valence-corrected chi connectivity index (χ4v) is 2.51. The largest absolute Gasteiger partial charge is 0.396 e. The summed E-state index contributed by atoms with van der Waals surface area (Å²) in [5.74, 6) is -0.512. The van der Waals surface area contributed by atoms with Gasteiger partial charge in [0.25, 0.3) is 5.91 Å². The number of aliphatic hydroxyl groups excluding tert-OH is 1. The highest BCUT2D eigenvalue weighted by atomic mass is 19.1. The van der Waals surface area contributed by atoms with Crippen LogP contribution in [0.2, 0.25) is 0 Å².